The van der Waals surface area contributed by atoms with Crippen LogP contribution < -0.4 is 0 Å². The molecule has 1 aromatic heterocycles. The number of hydrogen-bond donors (Lipinski definition) is 1. The van der Waals surface area contributed by atoms with Crippen molar-refractivity contribution in [1.82, 2.24) is 9.29 Å². The van der Waals surface area contributed by atoms with Crippen LogP contribution in [0.15, 0.2) is 9.72 Å². The number of carbonyl (C=O) groups is 1. The largest absolute Gasteiger partial charge is 0.464 e. The first-order valence-corrected chi connectivity index (χ1v) is 7.29. The number of hydrogen-bond acceptors (Lipinski definition) is 7. The monoisotopic (exact) mass is 294 g/mol. The highest BCUT2D eigenvalue weighted by Gasteiger charge is 2.32. The van der Waals surface area contributed by atoms with Crippen LogP contribution in [0.3, 0.4) is 0 Å². The molecule has 18 heavy (non-hydrogen) atoms. The van der Waals surface area contributed by atoms with Gasteiger partial charge in [-0.2, -0.15) is 4.31 Å². The number of ether oxygens (including phenoxy) is 1. The molecule has 1 atom stereocenters. The molecule has 0 aliphatic heterocycles. The van der Waals surface area contributed by atoms with Gasteiger partial charge in [-0.3, -0.25) is 0 Å². The second-order valence-electron chi connectivity index (χ2n) is 3.53. The lowest BCUT2D eigenvalue weighted by molar-refractivity contribution is 0.0590. The molecule has 0 bridgehead atoms. The zero-order chi connectivity index (χ0) is 13.9. The molecule has 102 valence electrons. The summed E-state index contributed by atoms with van der Waals surface area (Å²) in [5.74, 6) is -0.806. The summed E-state index contributed by atoms with van der Waals surface area (Å²) in [4.78, 5) is 15.1. The molecule has 1 heterocycles. The molecule has 0 aromatic carbocycles. The summed E-state index contributed by atoms with van der Waals surface area (Å²) in [6.45, 7) is 1.23. The number of carbonyl (C=O) groups excluding carboxylic acids is 1. The third-order valence-electron chi connectivity index (χ3n) is 2.41. The highest BCUT2D eigenvalue weighted by Crippen LogP contribution is 2.24. The second-order valence-corrected chi connectivity index (χ2v) is 6.58. The first-order chi connectivity index (χ1) is 8.36. The predicted octanol–water partition coefficient (Wildman–Crippen LogP) is -0.0690. The van der Waals surface area contributed by atoms with Crippen molar-refractivity contribution in [2.45, 2.75) is 17.2 Å². The Labute approximate surface area is 109 Å². The van der Waals surface area contributed by atoms with Gasteiger partial charge in [0.2, 0.25) is 0 Å². The topological polar surface area (TPSA) is 96.8 Å². The average Bonchev–Trinajstić information content (AvgIpc) is 2.85. The quantitative estimate of drug-likeness (QED) is 0.764. The van der Waals surface area contributed by atoms with Crippen molar-refractivity contribution in [3.63, 3.8) is 0 Å². The fraction of sp³-hybridized carbons (Fsp3) is 0.556. The van der Waals surface area contributed by atoms with Crippen LogP contribution in [0.4, 0.5) is 0 Å². The molecule has 0 amide bonds. The van der Waals surface area contributed by atoms with E-state index in [1.54, 1.807) is 6.92 Å². The minimum atomic E-state index is -3.86. The van der Waals surface area contributed by atoms with Crippen molar-refractivity contribution in [1.29, 1.82) is 0 Å². The number of nitrogens with zero attached hydrogens (tertiary/aromatic N) is 2. The fourth-order valence-corrected chi connectivity index (χ4v) is 3.79. The first kappa shape index (κ1) is 15.0. The van der Waals surface area contributed by atoms with E-state index in [2.05, 4.69) is 9.72 Å². The molecule has 0 aliphatic carbocycles. The van der Waals surface area contributed by atoms with Crippen LogP contribution in [0.5, 0.6) is 0 Å². The van der Waals surface area contributed by atoms with Crippen LogP contribution in [0.25, 0.3) is 0 Å². The lowest BCUT2D eigenvalue weighted by Crippen LogP contribution is -2.37. The Morgan fingerprint density at radius 3 is 2.78 bits per heavy atom. The molecule has 7 nitrogen and oxygen atoms in total. The molecule has 0 fully saturated rings. The molecule has 9 heteroatoms. The highest BCUT2D eigenvalue weighted by molar-refractivity contribution is 7.91. The van der Waals surface area contributed by atoms with Gasteiger partial charge in [-0.15, -0.1) is 11.3 Å². The molecular weight excluding hydrogens is 280 g/mol. The lowest BCUT2D eigenvalue weighted by Gasteiger charge is -2.21. The molecule has 1 rings (SSSR count). The van der Waals surface area contributed by atoms with Crippen LogP contribution in [0.2, 0.25) is 0 Å². The van der Waals surface area contributed by atoms with Gasteiger partial charge in [0.05, 0.1) is 19.2 Å². The van der Waals surface area contributed by atoms with Gasteiger partial charge in [-0.05, 0) is 6.92 Å². The summed E-state index contributed by atoms with van der Waals surface area (Å²) in [5, 5.41) is 8.98. The minimum absolute atomic E-state index is 0.183. The number of aromatic nitrogens is 1. The summed E-state index contributed by atoms with van der Waals surface area (Å²) >= 11 is 0.833. The van der Waals surface area contributed by atoms with Gasteiger partial charge in [0.15, 0.2) is 9.90 Å². The van der Waals surface area contributed by atoms with Gasteiger partial charge < -0.3 is 9.84 Å². The molecular formula is C9H14N2O5S2. The summed E-state index contributed by atoms with van der Waals surface area (Å²) < 4.78 is 29.7. The van der Waals surface area contributed by atoms with Crippen molar-refractivity contribution in [3.8, 4) is 0 Å². The highest BCUT2D eigenvalue weighted by atomic mass is 32.2. The van der Waals surface area contributed by atoms with Crippen LogP contribution in [0, 0.1) is 0 Å². The predicted molar refractivity (Wildman–Crippen MR) is 65.0 cm³/mol. The van der Waals surface area contributed by atoms with E-state index in [1.165, 1.54) is 12.6 Å². The molecule has 0 aliphatic rings. The molecule has 1 aromatic rings. The van der Waals surface area contributed by atoms with Gasteiger partial charge in [0.25, 0.3) is 10.0 Å². The Hall–Kier alpha value is -1.03. The van der Waals surface area contributed by atoms with Crippen molar-refractivity contribution in [2.24, 2.45) is 0 Å². The summed E-state index contributed by atoms with van der Waals surface area (Å²) in [6, 6.07) is -0.595. The number of aliphatic hydroxyl groups excluding tert-OH is 1. The van der Waals surface area contributed by atoms with E-state index in [1.807, 2.05) is 0 Å². The fourth-order valence-electron chi connectivity index (χ4n) is 1.13. The van der Waals surface area contributed by atoms with E-state index >= 15 is 0 Å². The maximum absolute atomic E-state index is 12.2. The molecule has 1 N–H and O–H groups in total. The number of methoxy groups -OCH3 is 1. The van der Waals surface area contributed by atoms with Crippen molar-refractivity contribution in [3.05, 3.63) is 11.2 Å². The van der Waals surface area contributed by atoms with E-state index < -0.39 is 22.0 Å². The maximum Gasteiger partial charge on any atom is 0.358 e. The van der Waals surface area contributed by atoms with Gasteiger partial charge >= 0.3 is 5.97 Å². The summed E-state index contributed by atoms with van der Waals surface area (Å²) in [6.07, 6.45) is 0. The number of sulfonamides is 1. The zero-order valence-electron chi connectivity index (χ0n) is 10.2. The van der Waals surface area contributed by atoms with E-state index in [-0.39, 0.29) is 16.5 Å². The summed E-state index contributed by atoms with van der Waals surface area (Å²) in [5.41, 5.74) is 1.02. The van der Waals surface area contributed by atoms with E-state index in [0.29, 0.717) is 0 Å². The SMILES string of the molecule is COC(=O)c1ncsc1S(=O)(=O)N(C)C(C)CO. The third-order valence-corrected chi connectivity index (χ3v) is 5.73. The molecule has 0 saturated heterocycles. The van der Waals surface area contributed by atoms with E-state index in [0.717, 1.165) is 22.8 Å². The number of likely N-dealkylation sites (N-methyl/N-ethyl adjacent to an activating group) is 1. The number of rotatable bonds is 5. The Balaban J connectivity index is 3.22. The maximum atomic E-state index is 12.2. The Bertz CT molecular complexity index is 525. The second kappa shape index (κ2) is 5.74. The molecule has 0 saturated carbocycles. The lowest BCUT2D eigenvalue weighted by atomic mass is 10.4. The number of aliphatic hydroxyl groups is 1. The molecule has 0 radical (unpaired) electrons. The van der Waals surface area contributed by atoms with Crippen LogP contribution >= 0.6 is 11.3 Å². The number of thiazole rings is 1. The molecule has 0 spiro atoms. The Kier molecular flexibility index (Phi) is 4.79. The third kappa shape index (κ3) is 2.69. The molecule has 1 unspecified atom stereocenters. The summed E-state index contributed by atoms with van der Waals surface area (Å²) in [7, 11) is -1.38. The van der Waals surface area contributed by atoms with Gasteiger partial charge in [0.1, 0.15) is 0 Å². The first-order valence-electron chi connectivity index (χ1n) is 4.97. The smallest absolute Gasteiger partial charge is 0.358 e. The van der Waals surface area contributed by atoms with Crippen molar-refractivity contribution in [2.75, 3.05) is 20.8 Å². The van der Waals surface area contributed by atoms with E-state index in [9.17, 15) is 13.2 Å². The Morgan fingerprint density at radius 1 is 1.67 bits per heavy atom. The van der Waals surface area contributed by atoms with Crippen molar-refractivity contribution < 1.29 is 23.1 Å². The average molecular weight is 294 g/mol. The van der Waals surface area contributed by atoms with Crippen LogP contribution in [0.1, 0.15) is 17.4 Å². The zero-order valence-corrected chi connectivity index (χ0v) is 11.8. The van der Waals surface area contributed by atoms with Gasteiger partial charge in [-0.1, -0.05) is 0 Å². The normalized spacial score (nSPS) is 13.6. The number of esters is 1. The Morgan fingerprint density at radius 2 is 2.28 bits per heavy atom. The van der Waals surface area contributed by atoms with Crippen LogP contribution in [-0.4, -0.2) is 55.6 Å². The standard InChI is InChI=1S/C9H14N2O5S2/c1-6(4-12)11(2)18(14,15)9-7(8(13)16-3)10-5-17-9/h5-6,12H,4H2,1-3H3. The van der Waals surface area contributed by atoms with Crippen LogP contribution in [-0.2, 0) is 14.8 Å². The van der Waals surface area contributed by atoms with Crippen molar-refractivity contribution >= 4 is 27.3 Å². The van der Waals surface area contributed by atoms with Gasteiger partial charge in [0, 0.05) is 13.1 Å². The minimum Gasteiger partial charge on any atom is -0.464 e. The van der Waals surface area contributed by atoms with E-state index in [4.69, 9.17) is 5.11 Å². The van der Waals surface area contributed by atoms with Gasteiger partial charge in [-0.25, -0.2) is 18.2 Å².